The maximum absolute atomic E-state index is 11.9. The Kier molecular flexibility index (Phi) is 5.66. The van der Waals surface area contributed by atoms with E-state index in [1.165, 1.54) is 0 Å². The van der Waals surface area contributed by atoms with Crippen LogP contribution >= 0.6 is 0 Å². The van der Waals surface area contributed by atoms with Crippen molar-refractivity contribution in [2.75, 3.05) is 13.2 Å². The van der Waals surface area contributed by atoms with Crippen molar-refractivity contribution in [3.63, 3.8) is 0 Å². The van der Waals surface area contributed by atoms with Crippen LogP contribution in [0.1, 0.15) is 29.8 Å². The van der Waals surface area contributed by atoms with E-state index in [-0.39, 0.29) is 12.5 Å². The first kappa shape index (κ1) is 18.1. The van der Waals surface area contributed by atoms with E-state index in [1.54, 1.807) is 50.5 Å². The second-order valence-electron chi connectivity index (χ2n) is 6.15. The molecule has 1 amide bonds. The Hall–Kier alpha value is -2.28. The molecule has 0 spiro atoms. The Bertz CT molecular complexity index is 693. The van der Waals surface area contributed by atoms with Gasteiger partial charge in [-0.15, -0.1) is 0 Å². The smallest absolute Gasteiger partial charge is 0.251 e. The summed E-state index contributed by atoms with van der Waals surface area (Å²) in [5.41, 5.74) is 1.91. The second-order valence-corrected chi connectivity index (χ2v) is 6.15. The van der Waals surface area contributed by atoms with Crippen LogP contribution in [0.15, 0.2) is 42.7 Å². The van der Waals surface area contributed by atoms with Crippen LogP contribution < -0.4 is 5.32 Å². The molecule has 1 heterocycles. The summed E-state index contributed by atoms with van der Waals surface area (Å²) in [7, 11) is 0. The zero-order valence-corrected chi connectivity index (χ0v) is 13.7. The van der Waals surface area contributed by atoms with Crippen LogP contribution in [0.3, 0.4) is 0 Å². The molecule has 0 bridgehead atoms. The molecule has 0 saturated carbocycles. The van der Waals surface area contributed by atoms with Gasteiger partial charge in [0.2, 0.25) is 0 Å². The molecule has 0 fully saturated rings. The Morgan fingerprint density at radius 1 is 1.21 bits per heavy atom. The van der Waals surface area contributed by atoms with Gasteiger partial charge in [-0.3, -0.25) is 9.78 Å². The van der Waals surface area contributed by atoms with Crippen LogP contribution in [-0.2, 0) is 5.60 Å². The number of benzene rings is 1. The predicted octanol–water partition coefficient (Wildman–Crippen LogP) is 1.06. The van der Waals surface area contributed by atoms with Crippen LogP contribution in [0.25, 0.3) is 11.1 Å². The number of pyridine rings is 1. The number of aliphatic hydroxyl groups is 3. The van der Waals surface area contributed by atoms with Gasteiger partial charge in [0.1, 0.15) is 0 Å². The molecule has 4 N–H and O–H groups in total. The van der Waals surface area contributed by atoms with E-state index in [1.807, 2.05) is 6.07 Å². The minimum Gasteiger partial charge on any atom is -0.394 e. The highest BCUT2D eigenvalue weighted by Gasteiger charge is 2.17. The van der Waals surface area contributed by atoms with Crippen molar-refractivity contribution in [1.29, 1.82) is 0 Å². The topological polar surface area (TPSA) is 103 Å². The van der Waals surface area contributed by atoms with Crippen molar-refractivity contribution in [3.05, 3.63) is 53.9 Å². The number of nitrogens with one attached hydrogen (secondary N) is 1. The summed E-state index contributed by atoms with van der Waals surface area (Å²) < 4.78 is 0. The number of carbonyl (C=O) groups excluding carboxylic acids is 1. The molecule has 2 rings (SSSR count). The lowest BCUT2D eigenvalue weighted by atomic mass is 9.96. The third kappa shape index (κ3) is 4.61. The fraction of sp³-hybridized carbons (Fsp3) is 0.333. The first-order valence-corrected chi connectivity index (χ1v) is 7.66. The Labute approximate surface area is 140 Å². The average Bonchev–Trinajstić information content (AvgIpc) is 2.59. The summed E-state index contributed by atoms with van der Waals surface area (Å²) >= 11 is 0. The van der Waals surface area contributed by atoms with Gasteiger partial charge >= 0.3 is 0 Å². The van der Waals surface area contributed by atoms with E-state index < -0.39 is 18.3 Å². The molecule has 1 aromatic carbocycles. The fourth-order valence-electron chi connectivity index (χ4n) is 2.12. The van der Waals surface area contributed by atoms with E-state index in [0.717, 1.165) is 11.1 Å². The summed E-state index contributed by atoms with van der Waals surface area (Å²) in [6.07, 6.45) is 2.35. The van der Waals surface area contributed by atoms with Crippen LogP contribution in [0.2, 0.25) is 0 Å². The average molecular weight is 330 g/mol. The SMILES string of the molecule is CC(C)(O)c1cncc(-c2ccc(C(=O)NCC(O)CO)cc2)c1. The third-order valence-electron chi connectivity index (χ3n) is 3.63. The maximum Gasteiger partial charge on any atom is 0.251 e. The van der Waals surface area contributed by atoms with E-state index >= 15 is 0 Å². The number of aliphatic hydroxyl groups excluding tert-OH is 2. The molecule has 6 nitrogen and oxygen atoms in total. The molecule has 24 heavy (non-hydrogen) atoms. The fourth-order valence-corrected chi connectivity index (χ4v) is 2.12. The standard InChI is InChI=1S/C18H22N2O4/c1-18(2,24)15-7-14(8-19-9-15)12-3-5-13(6-4-12)17(23)20-10-16(22)11-21/h3-9,16,21-22,24H,10-11H2,1-2H3,(H,20,23). The Morgan fingerprint density at radius 3 is 2.46 bits per heavy atom. The number of aromatic nitrogens is 1. The minimum atomic E-state index is -0.976. The zero-order chi connectivity index (χ0) is 17.7. The molecule has 128 valence electrons. The lowest BCUT2D eigenvalue weighted by Crippen LogP contribution is -2.33. The number of hydrogen-bond acceptors (Lipinski definition) is 5. The molecule has 6 heteroatoms. The van der Waals surface area contributed by atoms with Gasteiger partial charge in [-0.2, -0.15) is 0 Å². The maximum atomic E-state index is 11.9. The summed E-state index contributed by atoms with van der Waals surface area (Å²) in [6.45, 7) is 2.99. The zero-order valence-electron chi connectivity index (χ0n) is 13.7. The summed E-state index contributed by atoms with van der Waals surface area (Å²) in [6, 6.07) is 8.80. The van der Waals surface area contributed by atoms with Crippen molar-refractivity contribution in [2.45, 2.75) is 25.6 Å². The molecule has 0 aliphatic heterocycles. The molecule has 0 radical (unpaired) electrons. The molecule has 0 saturated heterocycles. The van der Waals surface area contributed by atoms with Crippen LogP contribution in [-0.4, -0.2) is 45.5 Å². The Morgan fingerprint density at radius 2 is 1.88 bits per heavy atom. The molecular formula is C18H22N2O4. The highest BCUT2D eigenvalue weighted by Crippen LogP contribution is 2.25. The van der Waals surface area contributed by atoms with Gasteiger partial charge in [0.25, 0.3) is 5.91 Å². The molecular weight excluding hydrogens is 308 g/mol. The minimum absolute atomic E-state index is 0.00532. The monoisotopic (exact) mass is 330 g/mol. The van der Waals surface area contributed by atoms with Crippen molar-refractivity contribution in [3.8, 4) is 11.1 Å². The number of amides is 1. The van der Waals surface area contributed by atoms with E-state index in [9.17, 15) is 15.0 Å². The Balaban J connectivity index is 2.13. The highest BCUT2D eigenvalue weighted by atomic mass is 16.3. The number of hydrogen-bond donors (Lipinski definition) is 4. The predicted molar refractivity (Wildman–Crippen MR) is 90.3 cm³/mol. The molecule has 1 aromatic heterocycles. The molecule has 1 unspecified atom stereocenters. The summed E-state index contributed by atoms with van der Waals surface area (Å²) in [5.74, 6) is -0.322. The van der Waals surface area contributed by atoms with Gasteiger partial charge in [-0.05, 0) is 37.6 Å². The van der Waals surface area contributed by atoms with Crippen LogP contribution in [0.5, 0.6) is 0 Å². The van der Waals surface area contributed by atoms with Crippen molar-refractivity contribution < 1.29 is 20.1 Å². The first-order chi connectivity index (χ1) is 11.3. The molecule has 2 aromatic rings. The van der Waals surface area contributed by atoms with Gasteiger partial charge in [-0.25, -0.2) is 0 Å². The van der Waals surface area contributed by atoms with Gasteiger partial charge in [0.15, 0.2) is 0 Å². The lowest BCUT2D eigenvalue weighted by molar-refractivity contribution is 0.0782. The number of carbonyl (C=O) groups is 1. The molecule has 0 aliphatic carbocycles. The first-order valence-electron chi connectivity index (χ1n) is 7.66. The normalized spacial score (nSPS) is 12.7. The quantitative estimate of drug-likeness (QED) is 0.634. The van der Waals surface area contributed by atoms with Gasteiger partial charge in [0.05, 0.1) is 18.3 Å². The summed E-state index contributed by atoms with van der Waals surface area (Å²) in [4.78, 5) is 16.1. The largest absolute Gasteiger partial charge is 0.394 e. The second kappa shape index (κ2) is 7.53. The van der Waals surface area contributed by atoms with E-state index in [4.69, 9.17) is 5.11 Å². The number of nitrogens with zero attached hydrogens (tertiary/aromatic N) is 1. The lowest BCUT2D eigenvalue weighted by Gasteiger charge is -2.18. The number of rotatable bonds is 6. The third-order valence-corrected chi connectivity index (χ3v) is 3.63. The summed E-state index contributed by atoms with van der Waals surface area (Å²) in [5, 5.41) is 30.6. The molecule has 1 atom stereocenters. The van der Waals surface area contributed by atoms with E-state index in [2.05, 4.69) is 10.3 Å². The van der Waals surface area contributed by atoms with Gasteiger partial charge in [0, 0.05) is 35.6 Å². The van der Waals surface area contributed by atoms with Crippen molar-refractivity contribution in [2.24, 2.45) is 0 Å². The van der Waals surface area contributed by atoms with Crippen molar-refractivity contribution >= 4 is 5.91 Å². The van der Waals surface area contributed by atoms with Gasteiger partial charge < -0.3 is 20.6 Å². The van der Waals surface area contributed by atoms with Crippen LogP contribution in [0, 0.1) is 0 Å². The van der Waals surface area contributed by atoms with Gasteiger partial charge in [-0.1, -0.05) is 12.1 Å². The van der Waals surface area contributed by atoms with Crippen LogP contribution in [0.4, 0.5) is 0 Å². The van der Waals surface area contributed by atoms with Crippen molar-refractivity contribution in [1.82, 2.24) is 10.3 Å². The highest BCUT2D eigenvalue weighted by molar-refractivity contribution is 5.94. The van der Waals surface area contributed by atoms with E-state index in [0.29, 0.717) is 11.1 Å². The molecule has 0 aliphatic rings.